The first-order valence-electron chi connectivity index (χ1n) is 4.04. The molecule has 3 rings (SSSR count). The van der Waals surface area contributed by atoms with Crippen LogP contribution in [0.1, 0.15) is 0 Å². The van der Waals surface area contributed by atoms with Crippen LogP contribution >= 0.6 is 15.9 Å². The highest BCUT2D eigenvalue weighted by molar-refractivity contribution is 9.10. The minimum atomic E-state index is 1.18. The van der Waals surface area contributed by atoms with Gasteiger partial charge < -0.3 is 0 Å². The van der Waals surface area contributed by atoms with Crippen LogP contribution in [-0.2, 0) is 0 Å². The second-order valence-corrected chi connectivity index (χ2v) is 4.16. The van der Waals surface area contributed by atoms with Gasteiger partial charge in [-0.05, 0) is 22.9 Å². The van der Waals surface area contributed by atoms with Gasteiger partial charge in [0.1, 0.15) is 0 Å². The van der Waals surface area contributed by atoms with Crippen LogP contribution in [0.5, 0.6) is 0 Å². The Morgan fingerprint density at radius 3 is 2.83 bits per heavy atom. The monoisotopic (exact) mass is 216 g/mol. The van der Waals surface area contributed by atoms with Gasteiger partial charge in [0.25, 0.3) is 0 Å². The van der Waals surface area contributed by atoms with E-state index in [2.05, 4.69) is 46.3 Å². The van der Waals surface area contributed by atoms with Gasteiger partial charge in [-0.1, -0.05) is 45.1 Å². The van der Waals surface area contributed by atoms with Crippen molar-refractivity contribution < 1.29 is 0 Å². The van der Waals surface area contributed by atoms with Crippen molar-refractivity contribution in [1.29, 1.82) is 0 Å². The number of hydrogen-bond donors (Lipinski definition) is 0. The second kappa shape index (κ2) is 2.14. The summed E-state index contributed by atoms with van der Waals surface area (Å²) < 4.78 is 1.18. The summed E-state index contributed by atoms with van der Waals surface area (Å²) in [7, 11) is 1.19. The van der Waals surface area contributed by atoms with E-state index in [4.69, 9.17) is 0 Å². The van der Waals surface area contributed by atoms with Gasteiger partial charge in [-0.15, -0.1) is 0 Å². The molecule has 0 bridgehead atoms. The molecule has 2 aromatic carbocycles. The zero-order valence-electron chi connectivity index (χ0n) is 6.47. The van der Waals surface area contributed by atoms with Gasteiger partial charge >= 0.3 is 0 Å². The highest BCUT2D eigenvalue weighted by Crippen LogP contribution is 2.19. The Bertz CT molecular complexity index is 476. The molecule has 56 valence electrons. The lowest BCUT2D eigenvalue weighted by atomic mass is 9.97. The molecule has 0 atom stereocenters. The molecule has 0 fully saturated rings. The van der Waals surface area contributed by atoms with E-state index in [0.717, 1.165) is 0 Å². The van der Waals surface area contributed by atoms with E-state index >= 15 is 0 Å². The van der Waals surface area contributed by atoms with Crippen LogP contribution in [0.4, 0.5) is 0 Å². The maximum Gasteiger partial charge on any atom is 0.191 e. The lowest BCUT2D eigenvalue weighted by molar-refractivity contribution is 1.74. The maximum absolute atomic E-state index is 3.49. The van der Waals surface area contributed by atoms with Crippen molar-refractivity contribution >= 4 is 44.9 Å². The summed E-state index contributed by atoms with van der Waals surface area (Å²) in [5.74, 6) is 0. The van der Waals surface area contributed by atoms with Crippen LogP contribution < -0.4 is 10.9 Å². The molecule has 0 saturated heterocycles. The van der Waals surface area contributed by atoms with Crippen molar-refractivity contribution in [2.75, 3.05) is 0 Å². The van der Waals surface area contributed by atoms with E-state index in [9.17, 15) is 0 Å². The van der Waals surface area contributed by atoms with E-state index in [-0.39, 0.29) is 0 Å². The highest BCUT2D eigenvalue weighted by Gasteiger charge is 2.20. The molecule has 0 aromatic heterocycles. The van der Waals surface area contributed by atoms with Crippen LogP contribution in [0.2, 0.25) is 0 Å². The fourth-order valence-electron chi connectivity index (χ4n) is 1.70. The standard InChI is InChI=1S/C10H6BBr/c12-7-3-1-6-2-4-9-10(11-9)8(6)5-7/h1-5,11H. The molecule has 0 saturated carbocycles. The molecule has 1 aliphatic rings. The summed E-state index contributed by atoms with van der Waals surface area (Å²) in [6, 6.07) is 10.9. The van der Waals surface area contributed by atoms with E-state index in [0.29, 0.717) is 0 Å². The van der Waals surface area contributed by atoms with Gasteiger partial charge in [0.15, 0.2) is 7.28 Å². The van der Waals surface area contributed by atoms with Crippen molar-refractivity contribution in [2.24, 2.45) is 0 Å². The molecular formula is C10H6BBr. The summed E-state index contributed by atoms with van der Waals surface area (Å²) in [6.07, 6.45) is 0. The first-order valence-corrected chi connectivity index (χ1v) is 4.84. The number of rotatable bonds is 0. The topological polar surface area (TPSA) is 0 Å². The molecule has 0 amide bonds. The average Bonchev–Trinajstić information content (AvgIpc) is 2.82. The van der Waals surface area contributed by atoms with Crippen LogP contribution in [-0.4, -0.2) is 7.28 Å². The van der Waals surface area contributed by atoms with Gasteiger partial charge in [-0.3, -0.25) is 0 Å². The Morgan fingerprint density at radius 1 is 1.08 bits per heavy atom. The van der Waals surface area contributed by atoms with E-state index < -0.39 is 0 Å². The second-order valence-electron chi connectivity index (χ2n) is 3.25. The molecule has 2 heteroatoms. The Morgan fingerprint density at radius 2 is 1.92 bits per heavy atom. The lowest BCUT2D eigenvalue weighted by Gasteiger charge is -1.96. The summed E-state index contributed by atoms with van der Waals surface area (Å²) in [5, 5.41) is 2.77. The third-order valence-electron chi connectivity index (χ3n) is 2.43. The average molecular weight is 217 g/mol. The van der Waals surface area contributed by atoms with Crippen LogP contribution in [0.15, 0.2) is 34.8 Å². The maximum atomic E-state index is 3.49. The summed E-state index contributed by atoms with van der Waals surface area (Å²) in [5.41, 5.74) is 3.05. The number of benzene rings is 2. The largest absolute Gasteiger partial charge is 0.191 e. The smallest absolute Gasteiger partial charge is 0.0833 e. The van der Waals surface area contributed by atoms with Crippen molar-refractivity contribution in [1.82, 2.24) is 0 Å². The Labute approximate surface area is 80.0 Å². The van der Waals surface area contributed by atoms with Gasteiger partial charge in [-0.25, -0.2) is 0 Å². The quantitative estimate of drug-likeness (QED) is 0.498. The number of hydrogen-bond acceptors (Lipinski definition) is 0. The zero-order valence-corrected chi connectivity index (χ0v) is 8.06. The van der Waals surface area contributed by atoms with Crippen LogP contribution in [0.25, 0.3) is 10.8 Å². The van der Waals surface area contributed by atoms with Crippen molar-refractivity contribution in [3.63, 3.8) is 0 Å². The fourth-order valence-corrected chi connectivity index (χ4v) is 2.06. The molecular weight excluding hydrogens is 211 g/mol. The zero-order chi connectivity index (χ0) is 8.13. The molecule has 0 nitrogen and oxygen atoms in total. The molecule has 0 aliphatic carbocycles. The van der Waals surface area contributed by atoms with Gasteiger partial charge in [-0.2, -0.15) is 0 Å². The highest BCUT2D eigenvalue weighted by atomic mass is 79.9. The lowest BCUT2D eigenvalue weighted by Crippen LogP contribution is -1.90. The normalized spacial score (nSPS) is 12.4. The minimum absolute atomic E-state index is 1.18. The van der Waals surface area contributed by atoms with Crippen molar-refractivity contribution in [3.8, 4) is 0 Å². The fraction of sp³-hybridized carbons (Fsp3) is 0. The summed E-state index contributed by atoms with van der Waals surface area (Å²) in [6.45, 7) is 0. The van der Waals surface area contributed by atoms with Crippen molar-refractivity contribution in [2.45, 2.75) is 0 Å². The molecule has 0 radical (unpaired) electrons. The van der Waals surface area contributed by atoms with E-state index in [1.54, 1.807) is 0 Å². The molecule has 12 heavy (non-hydrogen) atoms. The molecule has 0 spiro atoms. The van der Waals surface area contributed by atoms with Crippen LogP contribution in [0, 0.1) is 0 Å². The summed E-state index contributed by atoms with van der Waals surface area (Å²) >= 11 is 3.49. The summed E-state index contributed by atoms with van der Waals surface area (Å²) in [4.78, 5) is 0. The van der Waals surface area contributed by atoms with E-state index in [1.165, 1.54) is 33.5 Å². The molecule has 0 unspecified atom stereocenters. The van der Waals surface area contributed by atoms with Crippen LogP contribution in [0.3, 0.4) is 0 Å². The van der Waals surface area contributed by atoms with Crippen molar-refractivity contribution in [3.05, 3.63) is 34.8 Å². The minimum Gasteiger partial charge on any atom is -0.0833 e. The van der Waals surface area contributed by atoms with Gasteiger partial charge in [0.2, 0.25) is 0 Å². The van der Waals surface area contributed by atoms with E-state index in [1.807, 2.05) is 0 Å². The SMILES string of the molecule is Brc1ccc2ccc3c(c2c1)B3. The molecule has 1 heterocycles. The van der Waals surface area contributed by atoms with Gasteiger partial charge in [0, 0.05) is 4.47 Å². The first kappa shape index (κ1) is 6.73. The first-order chi connectivity index (χ1) is 5.84. The molecule has 2 aromatic rings. The third kappa shape index (κ3) is 0.847. The Kier molecular flexibility index (Phi) is 1.20. The number of fused-ring (bicyclic) bond motifs is 3. The Hall–Kier alpha value is -0.755. The molecule has 0 N–H and O–H groups in total. The van der Waals surface area contributed by atoms with Gasteiger partial charge in [0.05, 0.1) is 0 Å². The molecule has 1 aliphatic heterocycles. The Balaban J connectivity index is 2.49. The predicted molar refractivity (Wildman–Crippen MR) is 58.1 cm³/mol. The number of halogens is 1. The predicted octanol–water partition coefficient (Wildman–Crippen LogP) is 1.30. The third-order valence-corrected chi connectivity index (χ3v) is 2.93.